The van der Waals surface area contributed by atoms with Gasteiger partial charge in [0, 0.05) is 43.8 Å². The topological polar surface area (TPSA) is 48.5 Å². The van der Waals surface area contributed by atoms with Crippen LogP contribution in [0.1, 0.15) is 43.5 Å². The van der Waals surface area contributed by atoms with Crippen LogP contribution in [-0.2, 0) is 0 Å². The molecule has 1 fully saturated rings. The zero-order valence-electron chi connectivity index (χ0n) is 15.7. The van der Waals surface area contributed by atoms with E-state index in [1.807, 2.05) is 36.5 Å². The predicted molar refractivity (Wildman–Crippen MR) is 108 cm³/mol. The Bertz CT molecular complexity index is 719. The van der Waals surface area contributed by atoms with Gasteiger partial charge in [0.05, 0.1) is 17.4 Å². The molecule has 1 aliphatic rings. The quantitative estimate of drug-likeness (QED) is 0.848. The molecule has 2 heterocycles. The van der Waals surface area contributed by atoms with E-state index in [0.717, 1.165) is 37.6 Å². The van der Waals surface area contributed by atoms with Gasteiger partial charge in [0.25, 0.3) is 5.91 Å². The Labute approximate surface area is 156 Å². The molecule has 0 unspecified atom stereocenters. The number of aromatic nitrogens is 1. The third-order valence-corrected chi connectivity index (χ3v) is 4.96. The van der Waals surface area contributed by atoms with Crippen molar-refractivity contribution >= 4 is 23.0 Å². The van der Waals surface area contributed by atoms with Crippen LogP contribution in [0.2, 0.25) is 0 Å². The number of carbonyl (C=O) groups excluding carboxylic acids is 1. The maximum Gasteiger partial charge on any atom is 0.257 e. The summed E-state index contributed by atoms with van der Waals surface area (Å²) in [5.41, 5.74) is 3.60. The van der Waals surface area contributed by atoms with Gasteiger partial charge in [-0.05, 0) is 63.4 Å². The summed E-state index contributed by atoms with van der Waals surface area (Å²) in [7, 11) is 0. The monoisotopic (exact) mass is 352 g/mol. The predicted octanol–water partition coefficient (Wildman–Crippen LogP) is 4.17. The van der Waals surface area contributed by atoms with Gasteiger partial charge in [0.1, 0.15) is 0 Å². The van der Waals surface area contributed by atoms with Crippen LogP contribution >= 0.6 is 0 Å². The standard InChI is InChI=1S/C21H28N4O/c1-3-24(4-2)19-10-8-18(9-11-19)23-21(26)17-14-20(16-22-15-17)25-12-6-5-7-13-25/h8-11,14-16H,3-7,12-13H2,1-2H3,(H,23,26). The molecule has 2 aromatic rings. The van der Waals surface area contributed by atoms with E-state index in [4.69, 9.17) is 0 Å². The number of anilines is 3. The first kappa shape index (κ1) is 18.2. The van der Waals surface area contributed by atoms with Gasteiger partial charge < -0.3 is 15.1 Å². The summed E-state index contributed by atoms with van der Waals surface area (Å²) in [6.45, 7) is 8.30. The molecular weight excluding hydrogens is 324 g/mol. The zero-order chi connectivity index (χ0) is 18.4. The molecule has 1 N–H and O–H groups in total. The molecule has 0 aliphatic carbocycles. The summed E-state index contributed by atoms with van der Waals surface area (Å²) < 4.78 is 0. The maximum atomic E-state index is 12.6. The molecule has 0 saturated carbocycles. The summed E-state index contributed by atoms with van der Waals surface area (Å²) in [4.78, 5) is 21.5. The number of carbonyl (C=O) groups is 1. The van der Waals surface area contributed by atoms with Crippen molar-refractivity contribution in [3.05, 3.63) is 48.3 Å². The summed E-state index contributed by atoms with van der Waals surface area (Å²) in [6.07, 6.45) is 7.17. The maximum absolute atomic E-state index is 12.6. The Hall–Kier alpha value is -2.56. The molecule has 0 spiro atoms. The molecule has 3 rings (SSSR count). The largest absolute Gasteiger partial charge is 0.372 e. The number of amides is 1. The highest BCUT2D eigenvalue weighted by Gasteiger charge is 2.14. The van der Waals surface area contributed by atoms with Crippen molar-refractivity contribution in [3.63, 3.8) is 0 Å². The lowest BCUT2D eigenvalue weighted by molar-refractivity contribution is 0.102. The summed E-state index contributed by atoms with van der Waals surface area (Å²) in [6, 6.07) is 9.94. The van der Waals surface area contributed by atoms with E-state index in [1.54, 1.807) is 6.20 Å². The lowest BCUT2D eigenvalue weighted by Crippen LogP contribution is -2.29. The zero-order valence-corrected chi connectivity index (χ0v) is 15.7. The Balaban J connectivity index is 1.68. The fourth-order valence-corrected chi connectivity index (χ4v) is 3.42. The first-order valence-electron chi connectivity index (χ1n) is 9.57. The molecule has 138 valence electrons. The number of nitrogens with one attached hydrogen (secondary N) is 1. The van der Waals surface area contributed by atoms with Crippen molar-refractivity contribution in [2.24, 2.45) is 0 Å². The second-order valence-electron chi connectivity index (χ2n) is 6.65. The highest BCUT2D eigenvalue weighted by atomic mass is 16.1. The van der Waals surface area contributed by atoms with Crippen molar-refractivity contribution < 1.29 is 4.79 Å². The number of rotatable bonds is 6. The van der Waals surface area contributed by atoms with Crippen LogP contribution in [0.15, 0.2) is 42.7 Å². The van der Waals surface area contributed by atoms with Crippen LogP contribution in [0.25, 0.3) is 0 Å². The SMILES string of the molecule is CCN(CC)c1ccc(NC(=O)c2cncc(N3CCCCC3)c2)cc1. The van der Waals surface area contributed by atoms with Crippen molar-refractivity contribution in [2.45, 2.75) is 33.1 Å². The molecule has 0 atom stereocenters. The lowest BCUT2D eigenvalue weighted by atomic mass is 10.1. The number of pyridine rings is 1. The molecule has 26 heavy (non-hydrogen) atoms. The van der Waals surface area contributed by atoms with Crippen molar-refractivity contribution in [3.8, 4) is 0 Å². The third-order valence-electron chi connectivity index (χ3n) is 4.96. The van der Waals surface area contributed by atoms with E-state index in [9.17, 15) is 4.79 Å². The molecule has 5 heteroatoms. The Morgan fingerprint density at radius 1 is 1.08 bits per heavy atom. The molecule has 0 bridgehead atoms. The minimum absolute atomic E-state index is 0.119. The summed E-state index contributed by atoms with van der Waals surface area (Å²) >= 11 is 0. The third kappa shape index (κ3) is 4.34. The Morgan fingerprint density at radius 3 is 2.42 bits per heavy atom. The Morgan fingerprint density at radius 2 is 1.77 bits per heavy atom. The van der Waals surface area contributed by atoms with E-state index < -0.39 is 0 Å². The highest BCUT2D eigenvalue weighted by molar-refractivity contribution is 6.04. The van der Waals surface area contributed by atoms with E-state index in [-0.39, 0.29) is 5.91 Å². The normalized spacial score (nSPS) is 14.2. The average molecular weight is 352 g/mol. The molecule has 5 nitrogen and oxygen atoms in total. The van der Waals surface area contributed by atoms with Crippen LogP contribution in [0.3, 0.4) is 0 Å². The van der Waals surface area contributed by atoms with Gasteiger partial charge in [-0.25, -0.2) is 0 Å². The first-order chi connectivity index (χ1) is 12.7. The molecule has 1 amide bonds. The second kappa shape index (κ2) is 8.70. The smallest absolute Gasteiger partial charge is 0.257 e. The number of hydrogen-bond acceptors (Lipinski definition) is 4. The van der Waals surface area contributed by atoms with Gasteiger partial charge in [0.15, 0.2) is 0 Å². The highest BCUT2D eigenvalue weighted by Crippen LogP contribution is 2.21. The fraction of sp³-hybridized carbons (Fsp3) is 0.429. The minimum atomic E-state index is -0.119. The summed E-state index contributed by atoms with van der Waals surface area (Å²) in [5.74, 6) is -0.119. The van der Waals surface area contributed by atoms with Gasteiger partial charge in [0.2, 0.25) is 0 Å². The Kier molecular flexibility index (Phi) is 6.10. The molecule has 1 aromatic carbocycles. The number of nitrogens with zero attached hydrogens (tertiary/aromatic N) is 3. The number of benzene rings is 1. The van der Waals surface area contributed by atoms with Gasteiger partial charge in [-0.1, -0.05) is 0 Å². The van der Waals surface area contributed by atoms with Crippen molar-refractivity contribution in [2.75, 3.05) is 41.3 Å². The van der Waals surface area contributed by atoms with Gasteiger partial charge in [-0.15, -0.1) is 0 Å². The molecule has 1 saturated heterocycles. The van der Waals surface area contributed by atoms with E-state index in [0.29, 0.717) is 5.56 Å². The van der Waals surface area contributed by atoms with E-state index in [1.165, 1.54) is 24.9 Å². The van der Waals surface area contributed by atoms with Crippen LogP contribution in [0, 0.1) is 0 Å². The molecule has 1 aliphatic heterocycles. The van der Waals surface area contributed by atoms with Gasteiger partial charge >= 0.3 is 0 Å². The number of hydrogen-bond donors (Lipinski definition) is 1. The van der Waals surface area contributed by atoms with Crippen molar-refractivity contribution in [1.82, 2.24) is 4.98 Å². The fourth-order valence-electron chi connectivity index (χ4n) is 3.42. The molecular formula is C21H28N4O. The second-order valence-corrected chi connectivity index (χ2v) is 6.65. The van der Waals surface area contributed by atoms with Crippen LogP contribution in [0.4, 0.5) is 17.1 Å². The van der Waals surface area contributed by atoms with E-state index >= 15 is 0 Å². The first-order valence-corrected chi connectivity index (χ1v) is 9.57. The average Bonchev–Trinajstić information content (AvgIpc) is 2.71. The van der Waals surface area contributed by atoms with Crippen LogP contribution < -0.4 is 15.1 Å². The lowest BCUT2D eigenvalue weighted by Gasteiger charge is -2.28. The molecule has 1 aromatic heterocycles. The number of piperidine rings is 1. The molecule has 0 radical (unpaired) electrons. The van der Waals surface area contributed by atoms with Crippen LogP contribution in [0.5, 0.6) is 0 Å². The minimum Gasteiger partial charge on any atom is -0.372 e. The van der Waals surface area contributed by atoms with Gasteiger partial charge in [-0.2, -0.15) is 0 Å². The van der Waals surface area contributed by atoms with Crippen molar-refractivity contribution in [1.29, 1.82) is 0 Å². The van der Waals surface area contributed by atoms with E-state index in [2.05, 4.69) is 33.9 Å². The van der Waals surface area contributed by atoms with Crippen LogP contribution in [-0.4, -0.2) is 37.1 Å². The van der Waals surface area contributed by atoms with Gasteiger partial charge in [-0.3, -0.25) is 9.78 Å². The summed E-state index contributed by atoms with van der Waals surface area (Å²) in [5, 5.41) is 2.97.